The molecule has 4 nitrogen and oxygen atoms in total. The van der Waals surface area contributed by atoms with Gasteiger partial charge < -0.3 is 4.90 Å². The molecule has 1 aliphatic heterocycles. The van der Waals surface area contributed by atoms with Gasteiger partial charge in [0.2, 0.25) is 0 Å². The SMILES string of the molecule is O=C(NC(=S)N1CCCC[C@H]1c1cccnc1)c1ccccc1I. The second-order valence-corrected chi connectivity index (χ2v) is 7.28. The molecule has 0 spiro atoms. The lowest BCUT2D eigenvalue weighted by atomic mass is 9.97. The van der Waals surface area contributed by atoms with Crippen molar-refractivity contribution in [2.75, 3.05) is 6.54 Å². The molecule has 0 radical (unpaired) electrons. The number of amides is 1. The molecule has 0 unspecified atom stereocenters. The van der Waals surface area contributed by atoms with Gasteiger partial charge in [-0.15, -0.1) is 0 Å². The summed E-state index contributed by atoms with van der Waals surface area (Å²) in [6.45, 7) is 0.852. The quantitative estimate of drug-likeness (QED) is 0.556. The number of halogens is 1. The maximum Gasteiger partial charge on any atom is 0.258 e. The van der Waals surface area contributed by atoms with E-state index >= 15 is 0 Å². The van der Waals surface area contributed by atoms with Gasteiger partial charge in [-0.25, -0.2) is 0 Å². The van der Waals surface area contributed by atoms with Crippen LogP contribution < -0.4 is 5.32 Å². The number of pyridine rings is 1. The van der Waals surface area contributed by atoms with Crippen molar-refractivity contribution in [3.8, 4) is 0 Å². The highest BCUT2D eigenvalue weighted by Crippen LogP contribution is 2.30. The number of nitrogens with one attached hydrogen (secondary N) is 1. The van der Waals surface area contributed by atoms with Crippen LogP contribution in [-0.4, -0.2) is 27.4 Å². The van der Waals surface area contributed by atoms with Crippen molar-refractivity contribution in [3.05, 3.63) is 63.5 Å². The Morgan fingerprint density at radius 2 is 2.08 bits per heavy atom. The molecule has 0 saturated carbocycles. The number of hydrogen-bond acceptors (Lipinski definition) is 3. The van der Waals surface area contributed by atoms with Gasteiger partial charge in [0.25, 0.3) is 5.91 Å². The topological polar surface area (TPSA) is 45.2 Å². The molecule has 24 heavy (non-hydrogen) atoms. The number of benzene rings is 1. The molecule has 0 aliphatic carbocycles. The molecule has 1 fully saturated rings. The molecule has 1 N–H and O–H groups in total. The van der Waals surface area contributed by atoms with Gasteiger partial charge >= 0.3 is 0 Å². The van der Waals surface area contributed by atoms with E-state index in [-0.39, 0.29) is 11.9 Å². The lowest BCUT2D eigenvalue weighted by Crippen LogP contribution is -2.46. The number of aromatic nitrogens is 1. The molecule has 2 aromatic rings. The average Bonchev–Trinajstić information content (AvgIpc) is 2.62. The minimum atomic E-state index is -0.152. The first-order valence-corrected chi connectivity index (χ1v) is 9.42. The molecule has 1 amide bonds. The van der Waals surface area contributed by atoms with Gasteiger partial charge in [0.1, 0.15) is 0 Å². The maximum atomic E-state index is 12.5. The zero-order chi connectivity index (χ0) is 16.9. The van der Waals surface area contributed by atoms with Crippen molar-refractivity contribution in [2.45, 2.75) is 25.3 Å². The molecule has 3 rings (SSSR count). The fourth-order valence-electron chi connectivity index (χ4n) is 2.98. The second-order valence-electron chi connectivity index (χ2n) is 5.73. The Morgan fingerprint density at radius 1 is 1.25 bits per heavy atom. The average molecular weight is 451 g/mol. The van der Waals surface area contributed by atoms with E-state index in [4.69, 9.17) is 12.2 Å². The van der Waals surface area contributed by atoms with Crippen LogP contribution in [0.2, 0.25) is 0 Å². The fraction of sp³-hybridized carbons (Fsp3) is 0.278. The van der Waals surface area contributed by atoms with Gasteiger partial charge in [-0.05, 0) is 77.8 Å². The van der Waals surface area contributed by atoms with Crippen molar-refractivity contribution < 1.29 is 4.79 Å². The molecule has 0 bridgehead atoms. The summed E-state index contributed by atoms with van der Waals surface area (Å²) in [5.41, 5.74) is 1.79. The van der Waals surface area contributed by atoms with Crippen molar-refractivity contribution in [2.24, 2.45) is 0 Å². The number of likely N-dealkylation sites (tertiary alicyclic amines) is 1. The van der Waals surface area contributed by atoms with Gasteiger partial charge in [0.05, 0.1) is 11.6 Å². The summed E-state index contributed by atoms with van der Waals surface area (Å²) in [5, 5.41) is 3.39. The summed E-state index contributed by atoms with van der Waals surface area (Å²) in [6.07, 6.45) is 6.91. The molecule has 1 saturated heterocycles. The Bertz CT molecular complexity index is 738. The number of carbonyl (C=O) groups excluding carboxylic acids is 1. The van der Waals surface area contributed by atoms with E-state index in [1.54, 1.807) is 6.20 Å². The van der Waals surface area contributed by atoms with E-state index in [0.717, 1.165) is 34.9 Å². The zero-order valence-corrected chi connectivity index (χ0v) is 16.1. The Balaban J connectivity index is 1.75. The Morgan fingerprint density at radius 3 is 2.83 bits per heavy atom. The first-order valence-electron chi connectivity index (χ1n) is 7.93. The van der Waals surface area contributed by atoms with Crippen LogP contribution in [0.25, 0.3) is 0 Å². The number of hydrogen-bond donors (Lipinski definition) is 1. The van der Waals surface area contributed by atoms with Gasteiger partial charge in [-0.1, -0.05) is 18.2 Å². The van der Waals surface area contributed by atoms with Crippen molar-refractivity contribution in [3.63, 3.8) is 0 Å². The predicted molar refractivity (Wildman–Crippen MR) is 107 cm³/mol. The summed E-state index contributed by atoms with van der Waals surface area (Å²) < 4.78 is 0.915. The van der Waals surface area contributed by atoms with Crippen LogP contribution >= 0.6 is 34.8 Å². The third-order valence-corrected chi connectivity index (χ3v) is 5.45. The van der Waals surface area contributed by atoms with Crippen LogP contribution in [0.1, 0.15) is 41.2 Å². The van der Waals surface area contributed by atoms with Crippen LogP contribution in [0, 0.1) is 3.57 Å². The van der Waals surface area contributed by atoms with Crippen LogP contribution in [0.4, 0.5) is 0 Å². The van der Waals surface area contributed by atoms with Crippen LogP contribution in [0.15, 0.2) is 48.8 Å². The molecule has 124 valence electrons. The van der Waals surface area contributed by atoms with E-state index in [2.05, 4.69) is 43.9 Å². The standard InChI is InChI=1S/C18H18IN3OS/c19-15-8-2-1-7-14(15)17(23)21-18(24)22-11-4-3-9-16(22)13-6-5-10-20-12-13/h1-2,5-8,10,12,16H,3-4,9,11H2,(H,21,23,24)/t16-/m0/s1. The third-order valence-electron chi connectivity index (χ3n) is 4.17. The van der Waals surface area contributed by atoms with Gasteiger partial charge in [0, 0.05) is 22.5 Å². The Kier molecular flexibility index (Phi) is 5.78. The molecule has 1 aromatic heterocycles. The van der Waals surface area contributed by atoms with Gasteiger partial charge in [-0.3, -0.25) is 15.1 Å². The van der Waals surface area contributed by atoms with E-state index in [1.807, 2.05) is 36.5 Å². The number of piperidine rings is 1. The van der Waals surface area contributed by atoms with E-state index in [1.165, 1.54) is 0 Å². The normalized spacial score (nSPS) is 17.4. The van der Waals surface area contributed by atoms with Crippen molar-refractivity contribution in [1.29, 1.82) is 0 Å². The summed E-state index contributed by atoms with van der Waals surface area (Å²) in [7, 11) is 0. The number of carbonyl (C=O) groups is 1. The molecule has 1 aliphatic rings. The molecule has 1 aromatic carbocycles. The van der Waals surface area contributed by atoms with E-state index < -0.39 is 0 Å². The predicted octanol–water partition coefficient (Wildman–Crippen LogP) is 3.93. The Hall–Kier alpha value is -1.54. The van der Waals surface area contributed by atoms with Gasteiger partial charge in [-0.2, -0.15) is 0 Å². The van der Waals surface area contributed by atoms with Crippen molar-refractivity contribution in [1.82, 2.24) is 15.2 Å². The van der Waals surface area contributed by atoms with E-state index in [0.29, 0.717) is 10.7 Å². The number of rotatable bonds is 2. The van der Waals surface area contributed by atoms with E-state index in [9.17, 15) is 4.79 Å². The third kappa shape index (κ3) is 3.92. The van der Waals surface area contributed by atoms with Crippen LogP contribution in [-0.2, 0) is 0 Å². The molecule has 2 heterocycles. The summed E-state index contributed by atoms with van der Waals surface area (Å²) in [6, 6.07) is 11.7. The molecule has 1 atom stereocenters. The summed E-state index contributed by atoms with van der Waals surface area (Å²) in [5.74, 6) is -0.152. The largest absolute Gasteiger partial charge is 0.342 e. The summed E-state index contributed by atoms with van der Waals surface area (Å²) >= 11 is 7.71. The smallest absolute Gasteiger partial charge is 0.258 e. The molecule has 6 heteroatoms. The lowest BCUT2D eigenvalue weighted by molar-refractivity contribution is 0.0968. The minimum Gasteiger partial charge on any atom is -0.342 e. The minimum absolute atomic E-state index is 0.152. The van der Waals surface area contributed by atoms with Crippen LogP contribution in [0.3, 0.4) is 0 Å². The highest BCUT2D eigenvalue weighted by Gasteiger charge is 2.27. The highest BCUT2D eigenvalue weighted by atomic mass is 127. The zero-order valence-electron chi connectivity index (χ0n) is 13.1. The lowest BCUT2D eigenvalue weighted by Gasteiger charge is -2.37. The van der Waals surface area contributed by atoms with Crippen LogP contribution in [0.5, 0.6) is 0 Å². The summed E-state index contributed by atoms with van der Waals surface area (Å²) in [4.78, 5) is 18.8. The number of thiocarbonyl (C=S) groups is 1. The first-order chi connectivity index (χ1) is 11.7. The maximum absolute atomic E-state index is 12.5. The monoisotopic (exact) mass is 451 g/mol. The Labute approximate surface area is 160 Å². The van der Waals surface area contributed by atoms with Gasteiger partial charge in [0.15, 0.2) is 5.11 Å². The first kappa shape index (κ1) is 17.3. The molecular formula is C18H18IN3OS. The fourth-order valence-corrected chi connectivity index (χ4v) is 3.92. The second kappa shape index (κ2) is 8.02. The number of nitrogens with zero attached hydrogens (tertiary/aromatic N) is 2. The highest BCUT2D eigenvalue weighted by molar-refractivity contribution is 14.1. The van der Waals surface area contributed by atoms with Crippen molar-refractivity contribution >= 4 is 45.8 Å². The molecular weight excluding hydrogens is 433 g/mol.